The molecule has 3 heterocycles. The van der Waals surface area contributed by atoms with Gasteiger partial charge in [-0.05, 0) is 12.1 Å². The highest BCUT2D eigenvalue weighted by Gasteiger charge is 2.11. The molecule has 0 spiro atoms. The maximum absolute atomic E-state index is 10.9. The third-order valence-electron chi connectivity index (χ3n) is 2.24. The van der Waals surface area contributed by atoms with Crippen LogP contribution in [0.1, 0.15) is 0 Å². The van der Waals surface area contributed by atoms with E-state index in [2.05, 4.69) is 15.1 Å². The van der Waals surface area contributed by atoms with Crippen molar-refractivity contribution in [2.75, 3.05) is 0 Å². The van der Waals surface area contributed by atoms with E-state index >= 15 is 0 Å². The van der Waals surface area contributed by atoms with Gasteiger partial charge in [-0.2, -0.15) is 4.98 Å². The molecular formula is C11H7N3O3. The number of furan rings is 1. The number of aromatic nitrogens is 3. The average molecular weight is 229 g/mol. The summed E-state index contributed by atoms with van der Waals surface area (Å²) >= 11 is 0. The summed E-state index contributed by atoms with van der Waals surface area (Å²) in [7, 11) is 0. The van der Waals surface area contributed by atoms with Crippen LogP contribution in [0.4, 0.5) is 0 Å². The predicted molar refractivity (Wildman–Crippen MR) is 58.1 cm³/mol. The van der Waals surface area contributed by atoms with E-state index < -0.39 is 0 Å². The lowest BCUT2D eigenvalue weighted by Crippen LogP contribution is -2.01. The van der Waals surface area contributed by atoms with Crippen LogP contribution >= 0.6 is 0 Å². The van der Waals surface area contributed by atoms with Crippen LogP contribution in [0, 0.1) is 0 Å². The quantitative estimate of drug-likeness (QED) is 0.722. The van der Waals surface area contributed by atoms with Gasteiger partial charge in [0, 0.05) is 17.8 Å². The van der Waals surface area contributed by atoms with Gasteiger partial charge in [-0.3, -0.25) is 4.79 Å². The molecule has 0 saturated carbocycles. The maximum Gasteiger partial charge on any atom is 0.261 e. The molecule has 6 nitrogen and oxygen atoms in total. The van der Waals surface area contributed by atoms with Crippen molar-refractivity contribution < 1.29 is 8.94 Å². The molecule has 0 aliphatic heterocycles. The Labute approximate surface area is 94.9 Å². The molecule has 0 amide bonds. The highest BCUT2D eigenvalue weighted by Crippen LogP contribution is 2.21. The highest BCUT2D eigenvalue weighted by atomic mass is 16.5. The molecule has 84 valence electrons. The number of hydrogen-bond donors (Lipinski definition) is 1. The molecule has 0 radical (unpaired) electrons. The van der Waals surface area contributed by atoms with Gasteiger partial charge in [-0.15, -0.1) is 0 Å². The summed E-state index contributed by atoms with van der Waals surface area (Å²) in [6.07, 6.45) is 4.58. The van der Waals surface area contributed by atoms with Gasteiger partial charge in [0.15, 0.2) is 0 Å². The third kappa shape index (κ3) is 1.76. The van der Waals surface area contributed by atoms with E-state index in [9.17, 15) is 4.79 Å². The topological polar surface area (TPSA) is 84.9 Å². The molecule has 6 heteroatoms. The minimum Gasteiger partial charge on any atom is -0.472 e. The van der Waals surface area contributed by atoms with Gasteiger partial charge >= 0.3 is 0 Å². The standard InChI is InChI=1S/C11H7N3O3/c15-9-2-1-7(5-12-9)10-13-11(17-14-10)8-3-4-16-6-8/h1-6H,(H,12,15). The lowest BCUT2D eigenvalue weighted by molar-refractivity contribution is 0.431. The molecule has 1 N–H and O–H groups in total. The lowest BCUT2D eigenvalue weighted by Gasteiger charge is -1.90. The van der Waals surface area contributed by atoms with Crippen molar-refractivity contribution >= 4 is 0 Å². The predicted octanol–water partition coefficient (Wildman–Crippen LogP) is 1.68. The molecular weight excluding hydrogens is 222 g/mol. The zero-order chi connectivity index (χ0) is 11.7. The van der Waals surface area contributed by atoms with Gasteiger partial charge in [0.1, 0.15) is 6.26 Å². The van der Waals surface area contributed by atoms with Crippen molar-refractivity contribution in [2.24, 2.45) is 0 Å². The Balaban J connectivity index is 2.00. The average Bonchev–Trinajstić information content (AvgIpc) is 3.00. The van der Waals surface area contributed by atoms with Gasteiger partial charge in [0.05, 0.1) is 11.8 Å². The van der Waals surface area contributed by atoms with E-state index in [-0.39, 0.29) is 5.56 Å². The van der Waals surface area contributed by atoms with Gasteiger partial charge in [-0.25, -0.2) is 0 Å². The summed E-state index contributed by atoms with van der Waals surface area (Å²) in [6.45, 7) is 0. The van der Waals surface area contributed by atoms with Crippen molar-refractivity contribution in [3.8, 4) is 22.8 Å². The second-order valence-corrected chi connectivity index (χ2v) is 3.38. The number of hydrogen-bond acceptors (Lipinski definition) is 5. The van der Waals surface area contributed by atoms with Crippen LogP contribution < -0.4 is 5.56 Å². The molecule has 0 bridgehead atoms. The summed E-state index contributed by atoms with van der Waals surface area (Å²) in [5, 5.41) is 3.82. The Morgan fingerprint density at radius 3 is 2.82 bits per heavy atom. The molecule has 3 rings (SSSR count). The van der Waals surface area contributed by atoms with E-state index in [0.29, 0.717) is 22.8 Å². The first-order valence-electron chi connectivity index (χ1n) is 4.88. The summed E-state index contributed by atoms with van der Waals surface area (Å²) < 4.78 is 10.0. The number of H-pyrrole nitrogens is 1. The molecule has 0 fully saturated rings. The van der Waals surface area contributed by atoms with Gasteiger partial charge in [-0.1, -0.05) is 5.16 Å². The fourth-order valence-electron chi connectivity index (χ4n) is 1.39. The van der Waals surface area contributed by atoms with Crippen LogP contribution in [0.25, 0.3) is 22.8 Å². The minimum absolute atomic E-state index is 0.174. The molecule has 3 aromatic heterocycles. The first-order chi connectivity index (χ1) is 8.33. The zero-order valence-corrected chi connectivity index (χ0v) is 8.58. The first kappa shape index (κ1) is 9.59. The highest BCUT2D eigenvalue weighted by molar-refractivity contribution is 5.57. The molecule has 0 aliphatic rings. The fraction of sp³-hybridized carbons (Fsp3) is 0. The number of pyridine rings is 1. The van der Waals surface area contributed by atoms with E-state index in [1.165, 1.54) is 24.8 Å². The van der Waals surface area contributed by atoms with Crippen LogP contribution in [0.2, 0.25) is 0 Å². The SMILES string of the molecule is O=c1ccc(-c2noc(-c3ccoc3)n2)c[nH]1. The summed E-state index contributed by atoms with van der Waals surface area (Å²) in [5.41, 5.74) is 1.23. The third-order valence-corrected chi connectivity index (χ3v) is 2.24. The maximum atomic E-state index is 10.9. The second-order valence-electron chi connectivity index (χ2n) is 3.38. The molecule has 0 aromatic carbocycles. The molecule has 0 aliphatic carbocycles. The Morgan fingerprint density at radius 2 is 2.12 bits per heavy atom. The second kappa shape index (κ2) is 3.75. The fourth-order valence-corrected chi connectivity index (χ4v) is 1.39. The van der Waals surface area contributed by atoms with Crippen molar-refractivity contribution in [1.82, 2.24) is 15.1 Å². The van der Waals surface area contributed by atoms with Crippen LogP contribution in [0.15, 0.2) is 50.7 Å². The number of rotatable bonds is 2. The van der Waals surface area contributed by atoms with Gasteiger partial charge in [0.25, 0.3) is 5.89 Å². The minimum atomic E-state index is -0.174. The van der Waals surface area contributed by atoms with Crippen molar-refractivity contribution in [3.63, 3.8) is 0 Å². The Hall–Kier alpha value is -2.63. The largest absolute Gasteiger partial charge is 0.472 e. The van der Waals surface area contributed by atoms with E-state index in [1.54, 1.807) is 12.1 Å². The Bertz CT molecular complexity index is 662. The number of nitrogens with zero attached hydrogens (tertiary/aromatic N) is 2. The number of nitrogens with one attached hydrogen (secondary N) is 1. The van der Waals surface area contributed by atoms with Crippen molar-refractivity contribution in [2.45, 2.75) is 0 Å². The number of aromatic amines is 1. The van der Waals surface area contributed by atoms with Crippen molar-refractivity contribution in [1.29, 1.82) is 0 Å². The molecule has 17 heavy (non-hydrogen) atoms. The monoisotopic (exact) mass is 229 g/mol. The van der Waals surface area contributed by atoms with Crippen LogP contribution in [-0.2, 0) is 0 Å². The Morgan fingerprint density at radius 1 is 1.18 bits per heavy atom. The molecule has 0 saturated heterocycles. The van der Waals surface area contributed by atoms with E-state index in [0.717, 1.165) is 0 Å². The van der Waals surface area contributed by atoms with Gasteiger partial charge in [0.2, 0.25) is 11.4 Å². The lowest BCUT2D eigenvalue weighted by atomic mass is 10.3. The van der Waals surface area contributed by atoms with Crippen LogP contribution in [-0.4, -0.2) is 15.1 Å². The Kier molecular flexibility index (Phi) is 2.11. The first-order valence-corrected chi connectivity index (χ1v) is 4.88. The van der Waals surface area contributed by atoms with Crippen LogP contribution in [0.3, 0.4) is 0 Å². The molecule has 3 aromatic rings. The summed E-state index contributed by atoms with van der Waals surface area (Å²) in [5.74, 6) is 0.789. The van der Waals surface area contributed by atoms with Crippen molar-refractivity contribution in [3.05, 3.63) is 47.3 Å². The summed E-state index contributed by atoms with van der Waals surface area (Å²) in [4.78, 5) is 17.7. The normalized spacial score (nSPS) is 10.6. The van der Waals surface area contributed by atoms with E-state index in [4.69, 9.17) is 8.94 Å². The smallest absolute Gasteiger partial charge is 0.261 e. The van der Waals surface area contributed by atoms with Crippen LogP contribution in [0.5, 0.6) is 0 Å². The molecule has 0 unspecified atom stereocenters. The van der Waals surface area contributed by atoms with Gasteiger partial charge < -0.3 is 13.9 Å². The van der Waals surface area contributed by atoms with E-state index in [1.807, 2.05) is 0 Å². The molecule has 0 atom stereocenters. The zero-order valence-electron chi connectivity index (χ0n) is 8.58. The summed E-state index contributed by atoms with van der Waals surface area (Å²) in [6, 6.07) is 4.76.